The molecule has 0 saturated heterocycles. The number of hydrogen-bond acceptors (Lipinski definition) is 3. The molecule has 1 aliphatic rings. The van der Waals surface area contributed by atoms with Crippen molar-refractivity contribution in [3.8, 4) is 0 Å². The smallest absolute Gasteiger partial charge is 0.0349 e. The summed E-state index contributed by atoms with van der Waals surface area (Å²) >= 11 is 0. The van der Waals surface area contributed by atoms with Crippen LogP contribution in [0.4, 0.5) is 5.69 Å². The number of likely N-dealkylation sites (N-methyl/N-ethyl adjacent to an activating group) is 1. The van der Waals surface area contributed by atoms with Crippen molar-refractivity contribution in [3.63, 3.8) is 0 Å². The van der Waals surface area contributed by atoms with Gasteiger partial charge in [-0.05, 0) is 55.1 Å². The van der Waals surface area contributed by atoms with Gasteiger partial charge < -0.3 is 5.73 Å². The molecule has 1 unspecified atom stereocenters. The van der Waals surface area contributed by atoms with E-state index in [1.165, 1.54) is 23.1 Å². The molecule has 2 aromatic rings. The molecule has 1 heterocycles. The predicted molar refractivity (Wildman–Crippen MR) is 82.4 cm³/mol. The van der Waals surface area contributed by atoms with Crippen LogP contribution in [0, 0.1) is 0 Å². The van der Waals surface area contributed by atoms with Crippen molar-refractivity contribution in [2.24, 2.45) is 0 Å². The molecule has 2 N–H and O–H groups in total. The SMILES string of the molecule is CN(Cc1cccnc1)C1CCc2c(N)cccc2C1. The lowest BCUT2D eigenvalue weighted by atomic mass is 9.86. The summed E-state index contributed by atoms with van der Waals surface area (Å²) in [7, 11) is 2.20. The van der Waals surface area contributed by atoms with E-state index < -0.39 is 0 Å². The molecule has 3 nitrogen and oxygen atoms in total. The van der Waals surface area contributed by atoms with E-state index >= 15 is 0 Å². The lowest BCUT2D eigenvalue weighted by molar-refractivity contribution is 0.214. The number of pyridine rings is 1. The molecule has 1 aliphatic carbocycles. The number of nitrogen functional groups attached to an aromatic ring is 1. The average molecular weight is 267 g/mol. The summed E-state index contributed by atoms with van der Waals surface area (Å²) in [6.07, 6.45) is 7.13. The zero-order valence-corrected chi connectivity index (χ0v) is 11.9. The van der Waals surface area contributed by atoms with Gasteiger partial charge >= 0.3 is 0 Å². The van der Waals surface area contributed by atoms with E-state index in [2.05, 4.69) is 35.1 Å². The van der Waals surface area contributed by atoms with Crippen LogP contribution >= 0.6 is 0 Å². The minimum Gasteiger partial charge on any atom is -0.398 e. The van der Waals surface area contributed by atoms with Gasteiger partial charge in [-0.3, -0.25) is 9.88 Å². The van der Waals surface area contributed by atoms with Gasteiger partial charge in [0, 0.05) is 30.7 Å². The van der Waals surface area contributed by atoms with Crippen molar-refractivity contribution in [1.29, 1.82) is 0 Å². The predicted octanol–water partition coefficient (Wildman–Crippen LogP) is 2.65. The zero-order valence-electron chi connectivity index (χ0n) is 11.9. The Hall–Kier alpha value is -1.87. The summed E-state index contributed by atoms with van der Waals surface area (Å²) in [5.74, 6) is 0. The number of aromatic nitrogens is 1. The minimum atomic E-state index is 0.588. The third-order valence-electron chi connectivity index (χ3n) is 4.27. The van der Waals surface area contributed by atoms with Gasteiger partial charge in [-0.15, -0.1) is 0 Å². The second-order valence-corrected chi connectivity index (χ2v) is 5.66. The summed E-state index contributed by atoms with van der Waals surface area (Å²) in [6, 6.07) is 11.0. The zero-order chi connectivity index (χ0) is 13.9. The number of hydrogen-bond donors (Lipinski definition) is 1. The molecule has 0 spiro atoms. The van der Waals surface area contributed by atoms with Crippen LogP contribution in [0.25, 0.3) is 0 Å². The number of fused-ring (bicyclic) bond motifs is 1. The summed E-state index contributed by atoms with van der Waals surface area (Å²) in [4.78, 5) is 6.62. The third-order valence-corrected chi connectivity index (χ3v) is 4.27. The number of nitrogens with zero attached hydrogens (tertiary/aromatic N) is 2. The van der Waals surface area contributed by atoms with Crippen molar-refractivity contribution in [2.75, 3.05) is 12.8 Å². The van der Waals surface area contributed by atoms with Crippen molar-refractivity contribution < 1.29 is 0 Å². The first-order valence-electron chi connectivity index (χ1n) is 7.19. The molecule has 3 heteroatoms. The van der Waals surface area contributed by atoms with Gasteiger partial charge in [-0.1, -0.05) is 18.2 Å². The second kappa shape index (κ2) is 5.63. The number of anilines is 1. The topological polar surface area (TPSA) is 42.2 Å². The van der Waals surface area contributed by atoms with Crippen LogP contribution < -0.4 is 5.73 Å². The lowest BCUT2D eigenvalue weighted by Gasteiger charge is -2.33. The van der Waals surface area contributed by atoms with Gasteiger partial charge in [-0.2, -0.15) is 0 Å². The Balaban J connectivity index is 1.70. The maximum atomic E-state index is 6.06. The Morgan fingerprint density at radius 2 is 2.20 bits per heavy atom. The highest BCUT2D eigenvalue weighted by Crippen LogP contribution is 2.28. The van der Waals surface area contributed by atoms with Crippen molar-refractivity contribution in [2.45, 2.75) is 31.8 Å². The lowest BCUT2D eigenvalue weighted by Crippen LogP contribution is -2.36. The van der Waals surface area contributed by atoms with Crippen molar-refractivity contribution in [3.05, 3.63) is 59.4 Å². The maximum Gasteiger partial charge on any atom is 0.0349 e. The highest BCUT2D eigenvalue weighted by molar-refractivity contribution is 5.52. The number of benzene rings is 1. The Kier molecular flexibility index (Phi) is 3.70. The van der Waals surface area contributed by atoms with Gasteiger partial charge in [0.1, 0.15) is 0 Å². The molecule has 0 bridgehead atoms. The minimum absolute atomic E-state index is 0.588. The third kappa shape index (κ3) is 2.68. The molecule has 1 aromatic heterocycles. The molecule has 0 saturated carbocycles. The molecule has 20 heavy (non-hydrogen) atoms. The van der Waals surface area contributed by atoms with Crippen LogP contribution in [0.5, 0.6) is 0 Å². The first kappa shape index (κ1) is 13.1. The van der Waals surface area contributed by atoms with E-state index in [0.717, 1.165) is 25.1 Å². The number of rotatable bonds is 3. The summed E-state index contributed by atoms with van der Waals surface area (Å²) in [5, 5.41) is 0. The van der Waals surface area contributed by atoms with E-state index in [-0.39, 0.29) is 0 Å². The quantitative estimate of drug-likeness (QED) is 0.869. The van der Waals surface area contributed by atoms with Crippen molar-refractivity contribution in [1.82, 2.24) is 9.88 Å². The molecule has 3 rings (SSSR count). The van der Waals surface area contributed by atoms with Crippen LogP contribution in [-0.2, 0) is 19.4 Å². The highest BCUT2D eigenvalue weighted by Gasteiger charge is 2.23. The maximum absolute atomic E-state index is 6.06. The van der Waals surface area contributed by atoms with Crippen LogP contribution in [0.1, 0.15) is 23.1 Å². The molecular weight excluding hydrogens is 246 g/mol. The van der Waals surface area contributed by atoms with E-state index in [0.29, 0.717) is 6.04 Å². The first-order valence-corrected chi connectivity index (χ1v) is 7.19. The number of nitrogens with two attached hydrogens (primary N) is 1. The summed E-state index contributed by atoms with van der Waals surface area (Å²) in [6.45, 7) is 0.955. The Labute approximate surface area is 120 Å². The molecule has 0 aliphatic heterocycles. The molecule has 0 radical (unpaired) electrons. The van der Waals surface area contributed by atoms with E-state index in [1.54, 1.807) is 0 Å². The monoisotopic (exact) mass is 267 g/mol. The van der Waals surface area contributed by atoms with Crippen molar-refractivity contribution >= 4 is 5.69 Å². The van der Waals surface area contributed by atoms with Gasteiger partial charge in [-0.25, -0.2) is 0 Å². The fourth-order valence-electron chi connectivity index (χ4n) is 3.10. The molecule has 1 atom stereocenters. The van der Waals surface area contributed by atoms with Gasteiger partial charge in [0.2, 0.25) is 0 Å². The molecule has 0 amide bonds. The second-order valence-electron chi connectivity index (χ2n) is 5.66. The Bertz CT molecular complexity index is 580. The van der Waals surface area contributed by atoms with Crippen LogP contribution in [0.3, 0.4) is 0 Å². The van der Waals surface area contributed by atoms with Crippen LogP contribution in [0.2, 0.25) is 0 Å². The molecule has 0 fully saturated rings. The van der Waals surface area contributed by atoms with E-state index in [1.807, 2.05) is 24.5 Å². The standard InChI is InChI=1S/C17H21N3/c1-20(12-13-4-3-9-19-11-13)15-7-8-16-14(10-15)5-2-6-17(16)18/h2-6,9,11,15H,7-8,10,12,18H2,1H3. The van der Waals surface area contributed by atoms with Gasteiger partial charge in [0.25, 0.3) is 0 Å². The molecular formula is C17H21N3. The van der Waals surface area contributed by atoms with Crippen LogP contribution in [0.15, 0.2) is 42.7 Å². The largest absolute Gasteiger partial charge is 0.398 e. The van der Waals surface area contributed by atoms with Crippen LogP contribution in [-0.4, -0.2) is 23.0 Å². The first-order chi connectivity index (χ1) is 9.74. The molecule has 104 valence electrons. The van der Waals surface area contributed by atoms with Gasteiger partial charge in [0.05, 0.1) is 0 Å². The fraction of sp³-hybridized carbons (Fsp3) is 0.353. The normalized spacial score (nSPS) is 18.0. The summed E-state index contributed by atoms with van der Waals surface area (Å²) in [5.41, 5.74) is 11.1. The Morgan fingerprint density at radius 3 is 3.00 bits per heavy atom. The average Bonchev–Trinajstić information content (AvgIpc) is 2.48. The van der Waals surface area contributed by atoms with E-state index in [4.69, 9.17) is 5.73 Å². The molecule has 1 aromatic carbocycles. The Morgan fingerprint density at radius 1 is 1.30 bits per heavy atom. The van der Waals surface area contributed by atoms with E-state index in [9.17, 15) is 0 Å². The highest BCUT2D eigenvalue weighted by atomic mass is 15.1. The fourth-order valence-corrected chi connectivity index (χ4v) is 3.10. The van der Waals surface area contributed by atoms with Gasteiger partial charge in [0.15, 0.2) is 0 Å². The summed E-state index contributed by atoms with van der Waals surface area (Å²) < 4.78 is 0.